The van der Waals surface area contributed by atoms with Crippen LogP contribution < -0.4 is 0 Å². The topological polar surface area (TPSA) is 26.3 Å². The predicted octanol–water partition coefficient (Wildman–Crippen LogP) is 15.5. The first-order chi connectivity index (χ1) is 28.1. The van der Waals surface area contributed by atoms with Crippen LogP contribution in [-0.4, -0.2) is 0 Å². The molecule has 1 aliphatic rings. The molecule has 0 spiro atoms. The van der Waals surface area contributed by atoms with Gasteiger partial charge in [-0.3, -0.25) is 0 Å². The molecule has 268 valence electrons. The van der Waals surface area contributed by atoms with E-state index in [1.54, 1.807) is 0 Å². The van der Waals surface area contributed by atoms with E-state index in [2.05, 4.69) is 183 Å². The first-order valence-corrected chi connectivity index (χ1v) is 19.8. The minimum atomic E-state index is -0.331. The zero-order valence-electron chi connectivity index (χ0n) is 31.4. The lowest BCUT2D eigenvalue weighted by Gasteiger charge is -2.36. The molecule has 0 saturated carbocycles. The lowest BCUT2D eigenvalue weighted by atomic mass is 9.67. The molecule has 0 aliphatic heterocycles. The number of hydrogen-bond donors (Lipinski definition) is 0. The number of rotatable bonds is 4. The van der Waals surface area contributed by atoms with Crippen LogP contribution in [0.2, 0.25) is 0 Å². The van der Waals surface area contributed by atoms with E-state index < -0.39 is 0 Å². The Labute approximate surface area is 329 Å². The molecule has 0 bridgehead atoms. The highest BCUT2D eigenvalue weighted by atomic mass is 16.3. The fourth-order valence-electron chi connectivity index (χ4n) is 9.69. The molecule has 11 aromatic rings. The highest BCUT2D eigenvalue weighted by Crippen LogP contribution is 2.51. The van der Waals surface area contributed by atoms with Gasteiger partial charge in [0, 0.05) is 27.0 Å². The van der Waals surface area contributed by atoms with Gasteiger partial charge in [0.1, 0.15) is 22.3 Å². The second kappa shape index (κ2) is 12.2. The summed E-state index contributed by atoms with van der Waals surface area (Å²) in [6.45, 7) is 2.41. The molecule has 2 aromatic heterocycles. The summed E-state index contributed by atoms with van der Waals surface area (Å²) in [5.41, 5.74) is 14.4. The number of benzene rings is 9. The van der Waals surface area contributed by atoms with Gasteiger partial charge in [-0.2, -0.15) is 0 Å². The maximum Gasteiger partial charge on any atom is 0.136 e. The standard InChI is InChI=1S/C55H36O2/c1-55(38-25-27-44-42-18-8-10-23-51(42)57-53(44)32-38)28-12-21-46-49(55)33-47-39(36-24-26-43-41-17-7-9-22-50(41)56-52(43)31-36)19-11-20-45(47)54(46)48-30-37(34-13-3-2-4-14-34)29-35-15-5-6-16-40(35)48/h2-27,29-33H,28H2,1H3. The lowest BCUT2D eigenvalue weighted by molar-refractivity contribution is 0.574. The second-order valence-electron chi connectivity index (χ2n) is 15.8. The zero-order chi connectivity index (χ0) is 37.7. The second-order valence-corrected chi connectivity index (χ2v) is 15.8. The normalized spacial score (nSPS) is 15.4. The lowest BCUT2D eigenvalue weighted by Crippen LogP contribution is -2.26. The van der Waals surface area contributed by atoms with Crippen LogP contribution in [0.5, 0.6) is 0 Å². The van der Waals surface area contributed by atoms with Crippen LogP contribution in [0, 0.1) is 0 Å². The minimum absolute atomic E-state index is 0.331. The molecule has 1 unspecified atom stereocenters. The Kier molecular flexibility index (Phi) is 6.86. The summed E-state index contributed by atoms with van der Waals surface area (Å²) in [7, 11) is 0. The van der Waals surface area contributed by atoms with Gasteiger partial charge in [0.05, 0.1) is 0 Å². The van der Waals surface area contributed by atoms with E-state index in [9.17, 15) is 0 Å². The Morgan fingerprint density at radius 3 is 1.86 bits per heavy atom. The monoisotopic (exact) mass is 728 g/mol. The van der Waals surface area contributed by atoms with Crippen molar-refractivity contribution < 1.29 is 8.83 Å². The Bertz CT molecular complexity index is 3450. The number of para-hydroxylation sites is 2. The molecule has 0 N–H and O–H groups in total. The van der Waals surface area contributed by atoms with Gasteiger partial charge in [-0.05, 0) is 127 Å². The molecule has 9 aromatic carbocycles. The van der Waals surface area contributed by atoms with Crippen LogP contribution in [0.25, 0.3) is 105 Å². The maximum absolute atomic E-state index is 6.49. The maximum atomic E-state index is 6.49. The Morgan fingerprint density at radius 2 is 1.07 bits per heavy atom. The van der Waals surface area contributed by atoms with E-state index in [-0.39, 0.29) is 5.41 Å². The van der Waals surface area contributed by atoms with Gasteiger partial charge < -0.3 is 8.83 Å². The number of fused-ring (bicyclic) bond motifs is 9. The fraction of sp³-hybridized carbons (Fsp3) is 0.0545. The minimum Gasteiger partial charge on any atom is -0.456 e. The van der Waals surface area contributed by atoms with Crippen molar-refractivity contribution in [2.45, 2.75) is 18.8 Å². The Morgan fingerprint density at radius 1 is 0.421 bits per heavy atom. The molecule has 1 aliphatic carbocycles. The van der Waals surface area contributed by atoms with Gasteiger partial charge >= 0.3 is 0 Å². The van der Waals surface area contributed by atoms with Crippen molar-refractivity contribution in [3.63, 3.8) is 0 Å². The van der Waals surface area contributed by atoms with Crippen LogP contribution in [0.3, 0.4) is 0 Å². The summed E-state index contributed by atoms with van der Waals surface area (Å²) in [6.07, 6.45) is 5.63. The molecule has 0 fully saturated rings. The van der Waals surface area contributed by atoms with E-state index in [0.29, 0.717) is 0 Å². The average molecular weight is 729 g/mol. The third kappa shape index (κ3) is 4.84. The molecule has 0 saturated heterocycles. The quantitative estimate of drug-likeness (QED) is 0.180. The third-order valence-electron chi connectivity index (χ3n) is 12.6. The van der Waals surface area contributed by atoms with Gasteiger partial charge in [-0.1, -0.05) is 146 Å². The summed E-state index contributed by atoms with van der Waals surface area (Å²) in [5, 5.41) is 9.50. The number of allylic oxidation sites excluding steroid dienone is 1. The molecule has 0 radical (unpaired) electrons. The van der Waals surface area contributed by atoms with Crippen LogP contribution in [0.4, 0.5) is 0 Å². The van der Waals surface area contributed by atoms with Crippen molar-refractivity contribution >= 4 is 71.5 Å². The molecule has 2 nitrogen and oxygen atoms in total. The van der Waals surface area contributed by atoms with Crippen LogP contribution in [-0.2, 0) is 5.41 Å². The van der Waals surface area contributed by atoms with E-state index in [1.807, 2.05) is 12.1 Å². The first-order valence-electron chi connectivity index (χ1n) is 19.8. The fourth-order valence-corrected chi connectivity index (χ4v) is 9.69. The highest BCUT2D eigenvalue weighted by molar-refractivity contribution is 6.14. The summed E-state index contributed by atoms with van der Waals surface area (Å²) in [5.74, 6) is 0. The van der Waals surface area contributed by atoms with Gasteiger partial charge in [0.2, 0.25) is 0 Å². The molecule has 1 atom stereocenters. The van der Waals surface area contributed by atoms with Crippen molar-refractivity contribution in [1.82, 2.24) is 0 Å². The molecule has 2 heterocycles. The summed E-state index contributed by atoms with van der Waals surface area (Å²) in [4.78, 5) is 0. The third-order valence-corrected chi connectivity index (χ3v) is 12.6. The van der Waals surface area contributed by atoms with Crippen molar-refractivity contribution in [3.8, 4) is 33.4 Å². The highest BCUT2D eigenvalue weighted by Gasteiger charge is 2.35. The van der Waals surface area contributed by atoms with E-state index in [0.717, 1.165) is 55.9 Å². The van der Waals surface area contributed by atoms with Crippen molar-refractivity contribution in [2.75, 3.05) is 0 Å². The Hall–Kier alpha value is -7.16. The molecule has 12 rings (SSSR count). The Balaban J connectivity index is 1.17. The summed E-state index contributed by atoms with van der Waals surface area (Å²) in [6, 6.07) is 63.9. The van der Waals surface area contributed by atoms with Crippen molar-refractivity contribution in [3.05, 3.63) is 199 Å². The SMILES string of the molecule is CC1(c2ccc3c(c2)oc2ccccc23)CC=Cc2c1cc1c(-c3ccc4c(c3)oc3ccccc34)cccc1c2-c1cc(-c2ccccc2)cc2ccccc12. The molecule has 2 heteroatoms. The van der Waals surface area contributed by atoms with Gasteiger partial charge in [0.25, 0.3) is 0 Å². The molecular formula is C55H36O2. The largest absolute Gasteiger partial charge is 0.456 e. The molecule has 57 heavy (non-hydrogen) atoms. The number of hydrogen-bond acceptors (Lipinski definition) is 2. The summed E-state index contributed by atoms with van der Waals surface area (Å²) >= 11 is 0. The average Bonchev–Trinajstić information content (AvgIpc) is 3.83. The zero-order valence-corrected chi connectivity index (χ0v) is 31.4. The van der Waals surface area contributed by atoms with Gasteiger partial charge in [-0.25, -0.2) is 0 Å². The van der Waals surface area contributed by atoms with Crippen LogP contribution in [0.15, 0.2) is 191 Å². The van der Waals surface area contributed by atoms with E-state index >= 15 is 0 Å². The molecular weight excluding hydrogens is 693 g/mol. The van der Waals surface area contributed by atoms with E-state index in [1.165, 1.54) is 66.1 Å². The van der Waals surface area contributed by atoms with Crippen molar-refractivity contribution in [2.24, 2.45) is 0 Å². The van der Waals surface area contributed by atoms with Crippen molar-refractivity contribution in [1.29, 1.82) is 0 Å². The number of furan rings is 2. The van der Waals surface area contributed by atoms with E-state index in [4.69, 9.17) is 8.83 Å². The summed E-state index contributed by atoms with van der Waals surface area (Å²) < 4.78 is 12.9. The predicted molar refractivity (Wildman–Crippen MR) is 239 cm³/mol. The van der Waals surface area contributed by atoms with Gasteiger partial charge in [0.15, 0.2) is 0 Å². The van der Waals surface area contributed by atoms with Crippen LogP contribution >= 0.6 is 0 Å². The molecule has 0 amide bonds. The van der Waals surface area contributed by atoms with Crippen LogP contribution in [0.1, 0.15) is 30.0 Å². The first kappa shape index (κ1) is 32.1. The van der Waals surface area contributed by atoms with Gasteiger partial charge in [-0.15, -0.1) is 0 Å². The smallest absolute Gasteiger partial charge is 0.136 e.